The van der Waals surface area contributed by atoms with Crippen LogP contribution in [-0.2, 0) is 16.8 Å². The highest BCUT2D eigenvalue weighted by molar-refractivity contribution is 7.11. The van der Waals surface area contributed by atoms with Gasteiger partial charge in [-0.1, -0.05) is 13.8 Å². The van der Waals surface area contributed by atoms with Crippen molar-refractivity contribution in [2.75, 3.05) is 7.11 Å². The lowest BCUT2D eigenvalue weighted by atomic mass is 9.97. The Morgan fingerprint density at radius 1 is 1.47 bits per heavy atom. The molecule has 0 bridgehead atoms. The van der Waals surface area contributed by atoms with E-state index in [0.29, 0.717) is 0 Å². The zero-order chi connectivity index (χ0) is 12.5. The van der Waals surface area contributed by atoms with Crippen LogP contribution < -0.4 is 0 Å². The van der Waals surface area contributed by atoms with Crippen LogP contribution in [0.15, 0.2) is 0 Å². The molecule has 0 saturated heterocycles. The summed E-state index contributed by atoms with van der Waals surface area (Å²) in [6.07, 6.45) is 4.43. The van der Waals surface area contributed by atoms with Crippen LogP contribution in [0.5, 0.6) is 0 Å². The van der Waals surface area contributed by atoms with Gasteiger partial charge in [0.25, 0.3) is 0 Å². The lowest BCUT2D eigenvalue weighted by molar-refractivity contribution is -0.0222. The van der Waals surface area contributed by atoms with Crippen LogP contribution in [0.1, 0.15) is 61.2 Å². The van der Waals surface area contributed by atoms with E-state index in [9.17, 15) is 5.11 Å². The molecule has 2 rings (SSSR count). The standard InChI is InChI=1S/C13H21NO2S/c1-4-13(5-2,16-3)12-14-11-9(15)7-6-8-10(11)17-12/h9,15H,4-8H2,1-3H3. The molecular formula is C13H21NO2S. The highest BCUT2D eigenvalue weighted by Crippen LogP contribution is 2.40. The summed E-state index contributed by atoms with van der Waals surface area (Å²) in [5, 5.41) is 11.0. The Hall–Kier alpha value is -0.450. The second-order valence-corrected chi connectivity index (χ2v) is 5.72. The number of aromatic nitrogens is 1. The van der Waals surface area contributed by atoms with E-state index in [1.165, 1.54) is 4.88 Å². The first-order valence-corrected chi connectivity index (χ1v) is 7.21. The second-order valence-electron chi connectivity index (χ2n) is 4.64. The lowest BCUT2D eigenvalue weighted by Crippen LogP contribution is -2.26. The Labute approximate surface area is 107 Å². The van der Waals surface area contributed by atoms with Gasteiger partial charge in [0.2, 0.25) is 0 Å². The van der Waals surface area contributed by atoms with Crippen LogP contribution in [0.4, 0.5) is 0 Å². The van der Waals surface area contributed by atoms with Gasteiger partial charge < -0.3 is 9.84 Å². The number of aliphatic hydroxyl groups excluding tert-OH is 1. The summed E-state index contributed by atoms with van der Waals surface area (Å²) >= 11 is 1.72. The Kier molecular flexibility index (Phi) is 3.85. The number of hydrogen-bond donors (Lipinski definition) is 1. The molecule has 1 aromatic rings. The van der Waals surface area contributed by atoms with Crippen LogP contribution in [0.3, 0.4) is 0 Å². The maximum Gasteiger partial charge on any atom is 0.125 e. The average Bonchev–Trinajstić information content (AvgIpc) is 2.78. The smallest absolute Gasteiger partial charge is 0.125 e. The van der Waals surface area contributed by atoms with Crippen LogP contribution in [0.2, 0.25) is 0 Å². The van der Waals surface area contributed by atoms with Crippen LogP contribution in [0.25, 0.3) is 0 Å². The number of methoxy groups -OCH3 is 1. The number of fused-ring (bicyclic) bond motifs is 1. The largest absolute Gasteiger partial charge is 0.387 e. The average molecular weight is 255 g/mol. The minimum absolute atomic E-state index is 0.262. The van der Waals surface area contributed by atoms with E-state index in [0.717, 1.165) is 42.8 Å². The first kappa shape index (κ1) is 13.0. The fourth-order valence-corrected chi connectivity index (χ4v) is 3.99. The zero-order valence-electron chi connectivity index (χ0n) is 10.8. The van der Waals surface area contributed by atoms with E-state index in [1.807, 2.05) is 0 Å². The molecule has 0 spiro atoms. The molecule has 96 valence electrons. The van der Waals surface area contributed by atoms with Gasteiger partial charge in [0.15, 0.2) is 0 Å². The van der Waals surface area contributed by atoms with Crippen molar-refractivity contribution in [1.29, 1.82) is 0 Å². The van der Waals surface area contributed by atoms with Crippen molar-refractivity contribution in [2.24, 2.45) is 0 Å². The Morgan fingerprint density at radius 3 is 2.71 bits per heavy atom. The Balaban J connectivity index is 2.39. The molecule has 0 fully saturated rings. The molecule has 1 N–H and O–H groups in total. The van der Waals surface area contributed by atoms with E-state index in [2.05, 4.69) is 18.8 Å². The number of nitrogens with zero attached hydrogens (tertiary/aromatic N) is 1. The van der Waals surface area contributed by atoms with Crippen molar-refractivity contribution in [2.45, 2.75) is 57.7 Å². The summed E-state index contributed by atoms with van der Waals surface area (Å²) in [6, 6.07) is 0. The minimum atomic E-state index is -0.369. The van der Waals surface area contributed by atoms with E-state index in [-0.39, 0.29) is 11.7 Å². The number of thiazole rings is 1. The number of aliphatic hydroxyl groups is 1. The molecular weight excluding hydrogens is 234 g/mol. The quantitative estimate of drug-likeness (QED) is 0.898. The predicted molar refractivity (Wildman–Crippen MR) is 69.3 cm³/mol. The molecule has 1 atom stereocenters. The second kappa shape index (κ2) is 5.04. The summed E-state index contributed by atoms with van der Waals surface area (Å²) in [6.45, 7) is 4.26. The molecule has 0 radical (unpaired) electrons. The number of rotatable bonds is 4. The van der Waals surface area contributed by atoms with E-state index >= 15 is 0 Å². The van der Waals surface area contributed by atoms with Gasteiger partial charge in [-0.05, 0) is 32.1 Å². The molecule has 1 unspecified atom stereocenters. The van der Waals surface area contributed by atoms with Crippen LogP contribution in [-0.4, -0.2) is 17.2 Å². The molecule has 0 amide bonds. The van der Waals surface area contributed by atoms with Crippen molar-refractivity contribution in [1.82, 2.24) is 4.98 Å². The van der Waals surface area contributed by atoms with E-state index in [1.54, 1.807) is 18.4 Å². The number of ether oxygens (including phenoxy) is 1. The molecule has 1 aliphatic carbocycles. The molecule has 1 aromatic heterocycles. The topological polar surface area (TPSA) is 42.4 Å². The molecule has 0 aliphatic heterocycles. The maximum absolute atomic E-state index is 9.96. The summed E-state index contributed by atoms with van der Waals surface area (Å²) in [4.78, 5) is 5.91. The van der Waals surface area contributed by atoms with Crippen molar-refractivity contribution in [3.63, 3.8) is 0 Å². The molecule has 17 heavy (non-hydrogen) atoms. The van der Waals surface area contributed by atoms with E-state index in [4.69, 9.17) is 4.74 Å². The van der Waals surface area contributed by atoms with Gasteiger partial charge in [-0.3, -0.25) is 0 Å². The third-order valence-corrected chi connectivity index (χ3v) is 5.16. The summed E-state index contributed by atoms with van der Waals surface area (Å²) in [5.74, 6) is 0. The van der Waals surface area contributed by atoms with Gasteiger partial charge in [-0.15, -0.1) is 11.3 Å². The monoisotopic (exact) mass is 255 g/mol. The highest BCUT2D eigenvalue weighted by Gasteiger charge is 2.34. The lowest BCUT2D eigenvalue weighted by Gasteiger charge is -2.27. The third kappa shape index (κ3) is 2.14. The SMILES string of the molecule is CCC(CC)(OC)c1nc2c(s1)CCCC2O. The van der Waals surface area contributed by atoms with Gasteiger partial charge in [0, 0.05) is 12.0 Å². The highest BCUT2D eigenvalue weighted by atomic mass is 32.1. The van der Waals surface area contributed by atoms with Crippen molar-refractivity contribution >= 4 is 11.3 Å². The van der Waals surface area contributed by atoms with Gasteiger partial charge in [0.05, 0.1) is 11.8 Å². The fraction of sp³-hybridized carbons (Fsp3) is 0.769. The molecule has 1 heterocycles. The van der Waals surface area contributed by atoms with Crippen molar-refractivity contribution in [3.05, 3.63) is 15.6 Å². The molecule has 4 heteroatoms. The summed E-state index contributed by atoms with van der Waals surface area (Å²) in [5.41, 5.74) is 0.640. The zero-order valence-corrected chi connectivity index (χ0v) is 11.6. The summed E-state index contributed by atoms with van der Waals surface area (Å²) < 4.78 is 5.70. The Bertz CT molecular complexity index is 377. The van der Waals surface area contributed by atoms with Crippen molar-refractivity contribution in [3.8, 4) is 0 Å². The van der Waals surface area contributed by atoms with Gasteiger partial charge in [0.1, 0.15) is 10.6 Å². The molecule has 1 aliphatic rings. The van der Waals surface area contributed by atoms with E-state index < -0.39 is 0 Å². The first-order chi connectivity index (χ1) is 8.16. The maximum atomic E-state index is 9.96. The van der Waals surface area contributed by atoms with Gasteiger partial charge in [-0.25, -0.2) is 4.98 Å². The first-order valence-electron chi connectivity index (χ1n) is 6.40. The molecule has 3 nitrogen and oxygen atoms in total. The van der Waals surface area contributed by atoms with Crippen LogP contribution in [0, 0.1) is 0 Å². The minimum Gasteiger partial charge on any atom is -0.387 e. The van der Waals surface area contributed by atoms with Gasteiger partial charge in [-0.2, -0.15) is 0 Å². The predicted octanol–water partition coefficient (Wildman–Crippen LogP) is 3.17. The van der Waals surface area contributed by atoms with Crippen LogP contribution >= 0.6 is 11.3 Å². The summed E-state index contributed by atoms with van der Waals surface area (Å²) in [7, 11) is 1.75. The number of hydrogen-bond acceptors (Lipinski definition) is 4. The normalized spacial score (nSPS) is 20.4. The Morgan fingerprint density at radius 2 is 2.18 bits per heavy atom. The van der Waals surface area contributed by atoms with Crippen molar-refractivity contribution < 1.29 is 9.84 Å². The molecule has 0 saturated carbocycles. The molecule has 0 aromatic carbocycles. The third-order valence-electron chi connectivity index (χ3n) is 3.85. The number of aryl methyl sites for hydroxylation is 1. The fourth-order valence-electron chi connectivity index (χ4n) is 2.52. The van der Waals surface area contributed by atoms with Gasteiger partial charge >= 0.3 is 0 Å².